The summed E-state index contributed by atoms with van der Waals surface area (Å²) in [5.74, 6) is 0. The molecule has 0 amide bonds. The van der Waals surface area contributed by atoms with Gasteiger partial charge in [0.2, 0.25) is 0 Å². The van der Waals surface area contributed by atoms with E-state index in [-0.39, 0.29) is 24.8 Å². The third kappa shape index (κ3) is 4.12. The normalized spacial score (nSPS) is 19.6. The molecule has 0 aromatic heterocycles. The van der Waals surface area contributed by atoms with Crippen LogP contribution in [0, 0.1) is 0 Å². The van der Waals surface area contributed by atoms with E-state index in [2.05, 4.69) is 98.8 Å². The number of fused-ring (bicyclic) bond motifs is 6. The van der Waals surface area contributed by atoms with Crippen LogP contribution in [-0.2, 0) is 20.0 Å². The van der Waals surface area contributed by atoms with Crippen molar-refractivity contribution in [2.45, 2.75) is 55.2 Å². The van der Waals surface area contributed by atoms with E-state index in [0.717, 1.165) is 7.35 Å². The van der Waals surface area contributed by atoms with Gasteiger partial charge in [-0.05, 0) is 0 Å². The molecule has 4 aromatic rings. The van der Waals surface area contributed by atoms with Crippen molar-refractivity contribution in [2.75, 3.05) is 0 Å². The predicted molar refractivity (Wildman–Crippen MR) is 149 cm³/mol. The maximum atomic E-state index is 2.64. The van der Waals surface area contributed by atoms with Gasteiger partial charge >= 0.3 is 215 Å². The quantitative estimate of drug-likeness (QED) is 0.267. The summed E-state index contributed by atoms with van der Waals surface area (Å²) in [5, 5.41) is 5.72. The Morgan fingerprint density at radius 1 is 0.595 bits per heavy atom. The summed E-state index contributed by atoms with van der Waals surface area (Å²) in [7, 11) is 0. The fraction of sp³-hybridized carbons (Fsp3) is 0.294. The molecule has 2 unspecified atom stereocenters. The summed E-state index contributed by atoms with van der Waals surface area (Å²) >= 11 is -2.76. The molecule has 0 nitrogen and oxygen atoms in total. The topological polar surface area (TPSA) is 0 Å². The van der Waals surface area contributed by atoms with Crippen LogP contribution in [0.3, 0.4) is 0 Å². The van der Waals surface area contributed by atoms with E-state index < -0.39 is 20.0 Å². The first-order valence-corrected chi connectivity index (χ1v) is 22.9. The minimum Gasteiger partial charge on any atom is -1.00 e. The molecule has 1 heterocycles. The second kappa shape index (κ2) is 10.5. The van der Waals surface area contributed by atoms with Gasteiger partial charge in [0.25, 0.3) is 0 Å². The Bertz CT molecular complexity index is 1430. The molecule has 4 aromatic carbocycles. The Hall–Kier alpha value is -1.67. The fourth-order valence-electron chi connectivity index (χ4n) is 7.64. The van der Waals surface area contributed by atoms with E-state index in [9.17, 15) is 0 Å². The molecule has 1 saturated heterocycles. The molecule has 0 bridgehead atoms. The Labute approximate surface area is 238 Å². The molecule has 3 heteroatoms. The number of benzene rings is 4. The summed E-state index contributed by atoms with van der Waals surface area (Å²) in [6, 6.07) is 28.0. The minimum atomic E-state index is -2.76. The average Bonchev–Trinajstić information content (AvgIpc) is 3.43. The van der Waals surface area contributed by atoms with Crippen molar-refractivity contribution in [3.8, 4) is 0 Å². The van der Waals surface area contributed by atoms with Crippen LogP contribution >= 0.6 is 0 Å². The monoisotopic (exact) mass is 692 g/mol. The van der Waals surface area contributed by atoms with Crippen LogP contribution in [0.15, 0.2) is 83.9 Å². The molecule has 7 rings (SSSR count). The summed E-state index contributed by atoms with van der Waals surface area (Å²) in [5.41, 5.74) is 10.1. The zero-order valence-corrected chi connectivity index (χ0v) is 26.8. The third-order valence-electron chi connectivity index (χ3n) is 9.09. The Kier molecular flexibility index (Phi) is 7.62. The van der Waals surface area contributed by atoms with Gasteiger partial charge in [0.05, 0.1) is 0 Å². The molecule has 2 aliphatic carbocycles. The van der Waals surface area contributed by atoms with Gasteiger partial charge in [0.1, 0.15) is 0 Å². The zero-order valence-electron chi connectivity index (χ0n) is 21.7. The van der Waals surface area contributed by atoms with E-state index >= 15 is 0 Å². The molecule has 0 N–H and O–H groups in total. The Morgan fingerprint density at radius 3 is 1.43 bits per heavy atom. The van der Waals surface area contributed by atoms with E-state index in [1.165, 1.54) is 47.2 Å². The van der Waals surface area contributed by atoms with Gasteiger partial charge in [0, 0.05) is 0 Å². The van der Waals surface area contributed by atoms with Gasteiger partial charge in [-0.2, -0.15) is 0 Å². The third-order valence-corrected chi connectivity index (χ3v) is 28.2. The molecule has 1 aliphatic heterocycles. The molecule has 0 saturated carbocycles. The molecule has 37 heavy (non-hydrogen) atoms. The summed E-state index contributed by atoms with van der Waals surface area (Å²) in [6.07, 6.45) is 10.3. The van der Waals surface area contributed by atoms with Gasteiger partial charge in [-0.1, -0.05) is 0 Å². The first-order valence-electron chi connectivity index (χ1n) is 13.7. The van der Waals surface area contributed by atoms with Gasteiger partial charge < -0.3 is 24.8 Å². The van der Waals surface area contributed by atoms with Gasteiger partial charge in [0.15, 0.2) is 0 Å². The van der Waals surface area contributed by atoms with E-state index in [1.54, 1.807) is 41.8 Å². The molecule has 188 valence electrons. The largest absolute Gasteiger partial charge is 1.00 e. The molecule has 0 radical (unpaired) electrons. The first-order chi connectivity index (χ1) is 17.2. The summed E-state index contributed by atoms with van der Waals surface area (Å²) < 4.78 is 4.65. The minimum absolute atomic E-state index is 0. The van der Waals surface area contributed by atoms with E-state index in [0.29, 0.717) is 0 Å². The smallest absolute Gasteiger partial charge is 1.00 e. The number of rotatable bonds is 6. The van der Waals surface area contributed by atoms with Crippen molar-refractivity contribution in [3.63, 3.8) is 0 Å². The van der Waals surface area contributed by atoms with Crippen LogP contribution in [0.1, 0.15) is 69.1 Å². The zero-order chi connectivity index (χ0) is 23.6. The number of allylic oxidation sites excluding steroid dienone is 2. The fourth-order valence-corrected chi connectivity index (χ4v) is 35.7. The van der Waals surface area contributed by atoms with Gasteiger partial charge in [-0.3, -0.25) is 0 Å². The number of hydrogen-bond acceptors (Lipinski definition) is 0. The van der Waals surface area contributed by atoms with Crippen LogP contribution in [0.2, 0.25) is 8.35 Å². The molecule has 2 atom stereocenters. The van der Waals surface area contributed by atoms with Crippen LogP contribution < -0.4 is 24.8 Å². The molecular weight excluding hydrogens is 658 g/mol. The molecule has 3 aliphatic rings. The van der Waals surface area contributed by atoms with Crippen molar-refractivity contribution in [3.05, 3.63) is 106 Å². The van der Waals surface area contributed by atoms with Crippen molar-refractivity contribution >= 4 is 33.7 Å². The van der Waals surface area contributed by atoms with Crippen molar-refractivity contribution in [1.82, 2.24) is 0 Å². The second-order valence-corrected chi connectivity index (χ2v) is 27.7. The van der Waals surface area contributed by atoms with Crippen molar-refractivity contribution < 1.29 is 44.8 Å². The second-order valence-electron chi connectivity index (χ2n) is 11.1. The van der Waals surface area contributed by atoms with E-state index in [1.807, 2.05) is 0 Å². The first kappa shape index (κ1) is 26.9. The Balaban J connectivity index is 0.00000140. The summed E-state index contributed by atoms with van der Waals surface area (Å²) in [6.45, 7) is 4.74. The number of hydrogen-bond donors (Lipinski definition) is 0. The maximum absolute atomic E-state index is 2.76. The molecule has 1 fully saturated rings. The van der Waals surface area contributed by atoms with Crippen LogP contribution in [0.5, 0.6) is 0 Å². The predicted octanol–water partition coefficient (Wildman–Crippen LogP) is 4.18. The molecule has 0 spiro atoms. The van der Waals surface area contributed by atoms with Crippen LogP contribution in [-0.4, -0.2) is 0 Å². The van der Waals surface area contributed by atoms with Gasteiger partial charge in [-0.25, -0.2) is 0 Å². The van der Waals surface area contributed by atoms with Crippen LogP contribution in [0.4, 0.5) is 0 Å². The van der Waals surface area contributed by atoms with Crippen LogP contribution in [0.25, 0.3) is 33.7 Å². The number of halogens is 2. The SMILES string of the molecule is CCCC1=Cc2c(ccc3ccccc23)[CH]1[Hf+2]1([CH]2C(CCC)=Cc3c2ccc2ccccc32)[CH2][CH2]1.[Cl-].[Cl-]. The van der Waals surface area contributed by atoms with Crippen molar-refractivity contribution in [1.29, 1.82) is 0 Å². The molecular formula is C34H34Cl2Hf. The van der Waals surface area contributed by atoms with Crippen molar-refractivity contribution in [2.24, 2.45) is 0 Å². The van der Waals surface area contributed by atoms with E-state index in [4.69, 9.17) is 0 Å². The van der Waals surface area contributed by atoms with Gasteiger partial charge in [-0.15, -0.1) is 0 Å². The summed E-state index contributed by atoms with van der Waals surface area (Å²) in [4.78, 5) is 0. The standard InChI is InChI=1S/2C16H15.C2H4.2ClH.Hf/c2*1-2-5-12-10-14-9-8-13-6-3-4-7-15(13)16(14)11-12;1-2;;;/h2*3-4,6-11H,2,5H2,1H3;1-2H2;2*1H;/q;;;;;+2/p-2. The average molecular weight is 692 g/mol. The maximum Gasteiger partial charge on any atom is -1.00 e. The Morgan fingerprint density at radius 2 is 1.03 bits per heavy atom.